The van der Waals surface area contributed by atoms with Crippen LogP contribution in [0.15, 0.2) is 0 Å². The zero-order valence-corrected chi connectivity index (χ0v) is 12.0. The number of carbonyl (C=O) groups is 1. The highest BCUT2D eigenvalue weighted by Crippen LogP contribution is 2.28. The van der Waals surface area contributed by atoms with Crippen LogP contribution in [0.4, 0.5) is 0 Å². The maximum Gasteiger partial charge on any atom is 0.308 e. The Morgan fingerprint density at radius 3 is 2.84 bits per heavy atom. The van der Waals surface area contributed by atoms with Crippen molar-refractivity contribution < 1.29 is 14.3 Å². The van der Waals surface area contributed by atoms with Gasteiger partial charge in [0.2, 0.25) is 0 Å². The van der Waals surface area contributed by atoms with E-state index in [4.69, 9.17) is 9.47 Å². The summed E-state index contributed by atoms with van der Waals surface area (Å²) in [4.78, 5) is 11.7. The summed E-state index contributed by atoms with van der Waals surface area (Å²) in [6, 6.07) is 0.452. The smallest absolute Gasteiger partial charge is 0.308 e. The third-order valence-electron chi connectivity index (χ3n) is 4.02. The monoisotopic (exact) mass is 269 g/mol. The van der Waals surface area contributed by atoms with Crippen LogP contribution >= 0.6 is 0 Å². The minimum Gasteiger partial charge on any atom is -0.466 e. The molecule has 4 nitrogen and oxygen atoms in total. The third-order valence-corrected chi connectivity index (χ3v) is 4.02. The van der Waals surface area contributed by atoms with Crippen molar-refractivity contribution >= 4 is 5.97 Å². The Morgan fingerprint density at radius 1 is 1.26 bits per heavy atom. The van der Waals surface area contributed by atoms with E-state index >= 15 is 0 Å². The molecular weight excluding hydrogens is 242 g/mol. The first-order valence-corrected chi connectivity index (χ1v) is 7.77. The van der Waals surface area contributed by atoms with Gasteiger partial charge in [0.25, 0.3) is 0 Å². The van der Waals surface area contributed by atoms with E-state index in [-0.39, 0.29) is 11.9 Å². The lowest BCUT2D eigenvalue weighted by Crippen LogP contribution is -2.38. The van der Waals surface area contributed by atoms with Gasteiger partial charge in [-0.3, -0.25) is 4.79 Å². The highest BCUT2D eigenvalue weighted by molar-refractivity contribution is 5.72. The SMILES string of the molecule is CCOC(=O)C1CCCC(NCCOCC2CC2)C1. The molecule has 0 aromatic carbocycles. The van der Waals surface area contributed by atoms with E-state index in [1.807, 2.05) is 6.92 Å². The minimum absolute atomic E-state index is 0.0148. The molecule has 0 spiro atoms. The van der Waals surface area contributed by atoms with Crippen LogP contribution < -0.4 is 5.32 Å². The molecule has 110 valence electrons. The van der Waals surface area contributed by atoms with Gasteiger partial charge in [-0.25, -0.2) is 0 Å². The summed E-state index contributed by atoms with van der Waals surface area (Å²) in [7, 11) is 0. The molecule has 2 fully saturated rings. The molecule has 2 rings (SSSR count). The van der Waals surface area contributed by atoms with Gasteiger partial charge < -0.3 is 14.8 Å². The Labute approximate surface area is 116 Å². The van der Waals surface area contributed by atoms with Gasteiger partial charge in [0.1, 0.15) is 0 Å². The Hall–Kier alpha value is -0.610. The molecule has 0 heterocycles. The molecule has 2 aliphatic rings. The first-order valence-electron chi connectivity index (χ1n) is 7.77. The molecule has 1 N–H and O–H groups in total. The van der Waals surface area contributed by atoms with Gasteiger partial charge in [0.15, 0.2) is 0 Å². The summed E-state index contributed by atoms with van der Waals surface area (Å²) in [6.07, 6.45) is 6.87. The fraction of sp³-hybridized carbons (Fsp3) is 0.933. The maximum absolute atomic E-state index is 11.7. The largest absolute Gasteiger partial charge is 0.466 e. The van der Waals surface area contributed by atoms with E-state index in [0.29, 0.717) is 12.6 Å². The van der Waals surface area contributed by atoms with Crippen molar-refractivity contribution in [2.75, 3.05) is 26.4 Å². The fourth-order valence-electron chi connectivity index (χ4n) is 2.72. The van der Waals surface area contributed by atoms with Crippen LogP contribution in [0.3, 0.4) is 0 Å². The number of nitrogens with one attached hydrogen (secondary N) is 1. The van der Waals surface area contributed by atoms with E-state index in [2.05, 4.69) is 5.32 Å². The van der Waals surface area contributed by atoms with Crippen molar-refractivity contribution in [1.82, 2.24) is 5.32 Å². The zero-order valence-electron chi connectivity index (χ0n) is 12.0. The topological polar surface area (TPSA) is 47.6 Å². The molecule has 2 atom stereocenters. The van der Waals surface area contributed by atoms with E-state index in [1.165, 1.54) is 19.3 Å². The van der Waals surface area contributed by atoms with Crippen LogP contribution in [0.2, 0.25) is 0 Å². The van der Waals surface area contributed by atoms with E-state index in [1.54, 1.807) is 0 Å². The summed E-state index contributed by atoms with van der Waals surface area (Å²) in [5.74, 6) is 0.917. The van der Waals surface area contributed by atoms with Crippen LogP contribution in [-0.2, 0) is 14.3 Å². The molecule has 4 heteroatoms. The molecule has 0 radical (unpaired) electrons. The molecule has 0 aromatic heterocycles. The average molecular weight is 269 g/mol. The first-order chi connectivity index (χ1) is 9.29. The second kappa shape index (κ2) is 7.85. The van der Waals surface area contributed by atoms with Gasteiger partial charge in [-0.1, -0.05) is 6.42 Å². The van der Waals surface area contributed by atoms with Crippen molar-refractivity contribution in [2.45, 2.75) is 51.5 Å². The maximum atomic E-state index is 11.7. The van der Waals surface area contributed by atoms with E-state index < -0.39 is 0 Å². The van der Waals surface area contributed by atoms with E-state index in [9.17, 15) is 4.79 Å². The number of carbonyl (C=O) groups excluding carboxylic acids is 1. The van der Waals surface area contributed by atoms with Crippen molar-refractivity contribution in [3.05, 3.63) is 0 Å². The fourth-order valence-corrected chi connectivity index (χ4v) is 2.72. The van der Waals surface area contributed by atoms with Gasteiger partial charge in [0.05, 0.1) is 19.1 Å². The number of hydrogen-bond donors (Lipinski definition) is 1. The lowest BCUT2D eigenvalue weighted by atomic mass is 9.86. The van der Waals surface area contributed by atoms with Crippen LogP contribution in [-0.4, -0.2) is 38.4 Å². The second-order valence-corrected chi connectivity index (χ2v) is 5.78. The Kier molecular flexibility index (Phi) is 6.11. The lowest BCUT2D eigenvalue weighted by molar-refractivity contribution is -0.149. The molecule has 0 amide bonds. The van der Waals surface area contributed by atoms with Gasteiger partial charge in [0, 0.05) is 19.2 Å². The van der Waals surface area contributed by atoms with Crippen LogP contribution in [0, 0.1) is 11.8 Å². The zero-order chi connectivity index (χ0) is 13.5. The molecular formula is C15H27NO3. The number of hydrogen-bond acceptors (Lipinski definition) is 4. The van der Waals surface area contributed by atoms with Crippen LogP contribution in [0.1, 0.15) is 45.4 Å². The second-order valence-electron chi connectivity index (χ2n) is 5.78. The molecule has 19 heavy (non-hydrogen) atoms. The quantitative estimate of drug-likeness (QED) is 0.541. The number of esters is 1. The molecule has 2 unspecified atom stereocenters. The van der Waals surface area contributed by atoms with Gasteiger partial charge in [-0.2, -0.15) is 0 Å². The average Bonchev–Trinajstić information content (AvgIpc) is 3.23. The van der Waals surface area contributed by atoms with Crippen molar-refractivity contribution in [2.24, 2.45) is 11.8 Å². The predicted molar refractivity (Wildman–Crippen MR) is 73.9 cm³/mol. The van der Waals surface area contributed by atoms with E-state index in [0.717, 1.165) is 44.9 Å². The summed E-state index contributed by atoms with van der Waals surface area (Å²) >= 11 is 0. The standard InChI is InChI=1S/C15H27NO3/c1-2-19-15(17)13-4-3-5-14(10-13)16-8-9-18-11-12-6-7-12/h12-14,16H,2-11H2,1H3. The van der Waals surface area contributed by atoms with Crippen molar-refractivity contribution in [3.63, 3.8) is 0 Å². The lowest BCUT2D eigenvalue weighted by Gasteiger charge is -2.28. The predicted octanol–water partition coefficient (Wildman–Crippen LogP) is 2.12. The Bertz CT molecular complexity index is 279. The van der Waals surface area contributed by atoms with Crippen molar-refractivity contribution in [3.8, 4) is 0 Å². The Morgan fingerprint density at radius 2 is 2.11 bits per heavy atom. The molecule has 0 saturated heterocycles. The summed E-state index contributed by atoms with van der Waals surface area (Å²) < 4.78 is 10.7. The summed E-state index contributed by atoms with van der Waals surface area (Å²) in [6.45, 7) is 4.97. The van der Waals surface area contributed by atoms with Crippen LogP contribution in [0.5, 0.6) is 0 Å². The molecule has 0 aliphatic heterocycles. The Balaban J connectivity index is 1.56. The molecule has 2 saturated carbocycles. The molecule has 0 bridgehead atoms. The van der Waals surface area contributed by atoms with Gasteiger partial charge in [-0.05, 0) is 44.9 Å². The minimum atomic E-state index is -0.0148. The molecule has 0 aromatic rings. The van der Waals surface area contributed by atoms with Crippen LogP contribution in [0.25, 0.3) is 0 Å². The highest BCUT2D eigenvalue weighted by Gasteiger charge is 2.27. The van der Waals surface area contributed by atoms with Gasteiger partial charge >= 0.3 is 5.97 Å². The number of ether oxygens (including phenoxy) is 2. The summed E-state index contributed by atoms with van der Waals surface area (Å²) in [5.41, 5.74) is 0. The van der Waals surface area contributed by atoms with Gasteiger partial charge in [-0.15, -0.1) is 0 Å². The number of rotatable bonds is 8. The first kappa shape index (κ1) is 14.8. The van der Waals surface area contributed by atoms with Crippen molar-refractivity contribution in [1.29, 1.82) is 0 Å². The molecule has 2 aliphatic carbocycles. The third kappa shape index (κ3) is 5.49. The normalized spacial score (nSPS) is 27.2. The highest BCUT2D eigenvalue weighted by atomic mass is 16.5. The summed E-state index contributed by atoms with van der Waals surface area (Å²) in [5, 5.41) is 3.51.